The minimum Gasteiger partial charge on any atom is -0.478 e. The van der Waals surface area contributed by atoms with Crippen LogP contribution in [0.4, 0.5) is 4.79 Å². The Bertz CT molecular complexity index is 1170. The summed E-state index contributed by atoms with van der Waals surface area (Å²) in [5, 5.41) is 9.07. The minimum absolute atomic E-state index is 0.219. The van der Waals surface area contributed by atoms with Gasteiger partial charge in [-0.05, 0) is 74.8 Å². The van der Waals surface area contributed by atoms with E-state index in [1.165, 1.54) is 12.1 Å². The molecule has 0 aliphatic carbocycles. The highest BCUT2D eigenvalue weighted by molar-refractivity contribution is 5.87. The number of rotatable bonds is 9. The molecule has 1 N–H and O–H groups in total. The Morgan fingerprint density at radius 2 is 1.75 bits per heavy atom. The number of ether oxygens (including phenoxy) is 2. The number of amides is 2. The number of hydrogen-bond donors (Lipinski definition) is 1. The van der Waals surface area contributed by atoms with Gasteiger partial charge in [-0.25, -0.2) is 14.6 Å². The number of aromatic nitrogens is 1. The number of nitrogens with zero attached hydrogens (tertiary/aromatic N) is 4. The summed E-state index contributed by atoms with van der Waals surface area (Å²) in [7, 11) is 0. The van der Waals surface area contributed by atoms with Crippen molar-refractivity contribution in [1.29, 1.82) is 0 Å². The number of hydrogen-bond acceptors (Lipinski definition) is 6. The van der Waals surface area contributed by atoms with Crippen molar-refractivity contribution in [2.75, 3.05) is 32.8 Å². The van der Waals surface area contributed by atoms with Crippen LogP contribution in [0, 0.1) is 12.8 Å². The first kappa shape index (κ1) is 28.4. The first-order valence-electron chi connectivity index (χ1n) is 14.6. The second-order valence-corrected chi connectivity index (χ2v) is 11.8. The molecule has 9 nitrogen and oxygen atoms in total. The lowest BCUT2D eigenvalue weighted by molar-refractivity contribution is 0.0493. The third-order valence-electron chi connectivity index (χ3n) is 8.48. The van der Waals surface area contributed by atoms with Gasteiger partial charge in [-0.15, -0.1) is 0 Å². The zero-order valence-corrected chi connectivity index (χ0v) is 23.9. The number of piperidine rings is 1. The number of aryl methyl sites for hydroxylation is 1. The SMILES string of the molecule is Cc1nc(Oc2ccc(C(=O)O)cc2)ccc1CN1CCC(N2C(=O)N(C3CCOCC3)C[C@H]2CC(C)C)CC1. The summed E-state index contributed by atoms with van der Waals surface area (Å²) in [5.74, 6) is 0.630. The molecular weight excluding hydrogens is 508 g/mol. The van der Waals surface area contributed by atoms with E-state index in [1.807, 2.05) is 13.0 Å². The summed E-state index contributed by atoms with van der Waals surface area (Å²) in [6.45, 7) is 11.6. The van der Waals surface area contributed by atoms with Gasteiger partial charge in [-0.3, -0.25) is 4.90 Å². The molecule has 3 saturated heterocycles. The highest BCUT2D eigenvalue weighted by Crippen LogP contribution is 2.32. The fourth-order valence-electron chi connectivity index (χ4n) is 6.36. The maximum absolute atomic E-state index is 13.7. The largest absolute Gasteiger partial charge is 0.478 e. The summed E-state index contributed by atoms with van der Waals surface area (Å²) in [6.07, 6.45) is 4.92. The van der Waals surface area contributed by atoms with Gasteiger partial charge in [0.05, 0.1) is 11.6 Å². The molecule has 0 unspecified atom stereocenters. The van der Waals surface area contributed by atoms with Crippen molar-refractivity contribution in [2.45, 2.75) is 77.5 Å². The number of carbonyl (C=O) groups excluding carboxylic acids is 1. The molecule has 0 spiro atoms. The number of pyridine rings is 1. The standard InChI is InChI=1S/C31H42N4O5/c1-21(2)18-27-20-34(25-12-16-39-17-13-25)31(38)35(27)26-10-14-33(15-11-26)19-24-6-9-29(32-22(24)3)40-28-7-4-23(5-8-28)30(36)37/h4-9,21,25-27H,10-20H2,1-3H3,(H,36,37)/t27-/m1/s1. The average molecular weight is 551 g/mol. The van der Waals surface area contributed by atoms with E-state index in [1.54, 1.807) is 12.1 Å². The van der Waals surface area contributed by atoms with E-state index in [9.17, 15) is 9.59 Å². The maximum Gasteiger partial charge on any atom is 0.335 e. The van der Waals surface area contributed by atoms with E-state index >= 15 is 0 Å². The number of urea groups is 1. The van der Waals surface area contributed by atoms with Crippen LogP contribution >= 0.6 is 0 Å². The van der Waals surface area contributed by atoms with Gasteiger partial charge in [0, 0.05) is 63.2 Å². The highest BCUT2D eigenvalue weighted by atomic mass is 16.5. The van der Waals surface area contributed by atoms with Gasteiger partial charge in [0.1, 0.15) is 5.75 Å². The van der Waals surface area contributed by atoms with Crippen molar-refractivity contribution >= 4 is 12.0 Å². The zero-order chi connectivity index (χ0) is 28.2. The fourth-order valence-corrected chi connectivity index (χ4v) is 6.36. The summed E-state index contributed by atoms with van der Waals surface area (Å²) in [6, 6.07) is 11.4. The van der Waals surface area contributed by atoms with Gasteiger partial charge < -0.3 is 24.4 Å². The molecule has 1 aromatic heterocycles. The van der Waals surface area contributed by atoms with Gasteiger partial charge in [-0.1, -0.05) is 19.9 Å². The number of carboxylic acid groups (broad SMARTS) is 1. The Hall–Kier alpha value is -3.17. The van der Waals surface area contributed by atoms with E-state index in [-0.39, 0.29) is 11.6 Å². The van der Waals surface area contributed by atoms with Crippen LogP contribution in [-0.4, -0.2) is 87.8 Å². The number of likely N-dealkylation sites (tertiary alicyclic amines) is 1. The van der Waals surface area contributed by atoms with Crippen LogP contribution in [0.5, 0.6) is 11.6 Å². The van der Waals surface area contributed by atoms with Crippen LogP contribution in [0.15, 0.2) is 36.4 Å². The van der Waals surface area contributed by atoms with Gasteiger partial charge in [0.2, 0.25) is 5.88 Å². The van der Waals surface area contributed by atoms with E-state index in [4.69, 9.17) is 14.6 Å². The van der Waals surface area contributed by atoms with Crippen molar-refractivity contribution in [1.82, 2.24) is 19.7 Å². The van der Waals surface area contributed by atoms with E-state index in [2.05, 4.69) is 39.6 Å². The van der Waals surface area contributed by atoms with Gasteiger partial charge >= 0.3 is 12.0 Å². The molecule has 3 aliphatic rings. The average Bonchev–Trinajstić information content (AvgIpc) is 3.26. The molecule has 3 aliphatic heterocycles. The molecule has 2 aromatic rings. The Kier molecular flexibility index (Phi) is 8.90. The molecule has 40 heavy (non-hydrogen) atoms. The molecule has 9 heteroatoms. The number of carboxylic acids is 1. The summed E-state index contributed by atoms with van der Waals surface area (Å²) in [4.78, 5) is 36.2. The molecule has 5 rings (SSSR count). The lowest BCUT2D eigenvalue weighted by atomic mass is 9.97. The Balaban J connectivity index is 1.17. The fraction of sp³-hybridized carbons (Fsp3) is 0.581. The van der Waals surface area contributed by atoms with Crippen molar-refractivity contribution in [2.24, 2.45) is 5.92 Å². The van der Waals surface area contributed by atoms with Crippen LogP contribution < -0.4 is 4.74 Å². The van der Waals surface area contributed by atoms with Crippen molar-refractivity contribution < 1.29 is 24.2 Å². The minimum atomic E-state index is -0.965. The molecule has 0 saturated carbocycles. The van der Waals surface area contributed by atoms with Crippen molar-refractivity contribution in [3.8, 4) is 11.6 Å². The lowest BCUT2D eigenvalue weighted by Gasteiger charge is -2.39. The zero-order valence-electron chi connectivity index (χ0n) is 23.9. The van der Waals surface area contributed by atoms with Crippen LogP contribution in [0.25, 0.3) is 0 Å². The predicted octanol–water partition coefficient (Wildman–Crippen LogP) is 5.18. The predicted molar refractivity (Wildman–Crippen MR) is 152 cm³/mol. The summed E-state index contributed by atoms with van der Waals surface area (Å²) in [5.41, 5.74) is 2.30. The third-order valence-corrected chi connectivity index (χ3v) is 8.48. The van der Waals surface area contributed by atoms with Crippen LogP contribution in [0.1, 0.15) is 67.6 Å². The second kappa shape index (κ2) is 12.6. The van der Waals surface area contributed by atoms with E-state index < -0.39 is 5.97 Å². The maximum atomic E-state index is 13.7. The molecule has 216 valence electrons. The van der Waals surface area contributed by atoms with E-state index in [0.717, 1.165) is 82.8 Å². The normalized spacial score (nSPS) is 21.4. The third kappa shape index (κ3) is 6.58. The summed E-state index contributed by atoms with van der Waals surface area (Å²) >= 11 is 0. The Morgan fingerprint density at radius 1 is 1.05 bits per heavy atom. The van der Waals surface area contributed by atoms with Crippen molar-refractivity contribution in [3.05, 3.63) is 53.2 Å². The number of aromatic carboxylic acids is 1. The van der Waals surface area contributed by atoms with Gasteiger partial charge in [-0.2, -0.15) is 0 Å². The topological polar surface area (TPSA) is 95.4 Å². The molecular formula is C31H42N4O5. The molecule has 1 aromatic carbocycles. The monoisotopic (exact) mass is 550 g/mol. The van der Waals surface area contributed by atoms with Crippen LogP contribution in [-0.2, 0) is 11.3 Å². The van der Waals surface area contributed by atoms with Crippen molar-refractivity contribution in [3.63, 3.8) is 0 Å². The lowest BCUT2D eigenvalue weighted by Crippen LogP contribution is -2.50. The first-order chi connectivity index (χ1) is 19.3. The smallest absolute Gasteiger partial charge is 0.335 e. The van der Waals surface area contributed by atoms with Gasteiger partial charge in [0.25, 0.3) is 0 Å². The number of benzene rings is 1. The molecule has 3 fully saturated rings. The van der Waals surface area contributed by atoms with Crippen LogP contribution in [0.3, 0.4) is 0 Å². The molecule has 0 bridgehead atoms. The second-order valence-electron chi connectivity index (χ2n) is 11.8. The highest BCUT2D eigenvalue weighted by Gasteiger charge is 2.44. The first-order valence-corrected chi connectivity index (χ1v) is 14.6. The Labute approximate surface area is 237 Å². The molecule has 1 atom stereocenters. The molecule has 2 amide bonds. The van der Waals surface area contributed by atoms with Crippen LogP contribution in [0.2, 0.25) is 0 Å². The molecule has 0 radical (unpaired) electrons. The molecule has 4 heterocycles. The summed E-state index contributed by atoms with van der Waals surface area (Å²) < 4.78 is 11.4. The quantitative estimate of drug-likeness (QED) is 0.460. The number of carbonyl (C=O) groups is 2. The Morgan fingerprint density at radius 3 is 2.38 bits per heavy atom. The van der Waals surface area contributed by atoms with Gasteiger partial charge in [0.15, 0.2) is 0 Å². The van der Waals surface area contributed by atoms with E-state index in [0.29, 0.717) is 35.7 Å².